The highest BCUT2D eigenvalue weighted by atomic mass is 19.4. The maximum atomic E-state index is 13.1. The van der Waals surface area contributed by atoms with Gasteiger partial charge in [-0.25, -0.2) is 4.79 Å². The Hall–Kier alpha value is -2.57. The van der Waals surface area contributed by atoms with Crippen LogP contribution in [-0.2, 0) is 6.18 Å². The lowest BCUT2D eigenvalue weighted by molar-refractivity contribution is -0.137. The second-order valence-electron chi connectivity index (χ2n) is 4.18. The fraction of sp³-hybridized carbons (Fsp3) is 0.143. The molecule has 0 aliphatic rings. The highest BCUT2D eigenvalue weighted by molar-refractivity contribution is 5.89. The first-order chi connectivity index (χ1) is 9.82. The maximum absolute atomic E-state index is 13.1. The Kier molecular flexibility index (Phi) is 3.84. The summed E-state index contributed by atoms with van der Waals surface area (Å²) in [5.41, 5.74) is -1.42. The van der Waals surface area contributed by atoms with Crippen LogP contribution in [0.4, 0.5) is 13.2 Å². The summed E-state index contributed by atoms with van der Waals surface area (Å²) in [5.74, 6) is -1.11. The van der Waals surface area contributed by atoms with Gasteiger partial charge in [-0.2, -0.15) is 13.2 Å². The molecule has 21 heavy (non-hydrogen) atoms. The third-order valence-corrected chi connectivity index (χ3v) is 2.83. The lowest BCUT2D eigenvalue weighted by Crippen LogP contribution is -2.09. The standard InChI is InChI=1S/C14H10F3NO3/c1-21-10-4-9(6-18-7-10)11-3-2-8(13(19)20)5-12(11)14(15,16)17/h2-7H,1H3,(H,19,20). The molecule has 1 heterocycles. The van der Waals surface area contributed by atoms with Crippen LogP contribution in [-0.4, -0.2) is 23.2 Å². The molecule has 0 fully saturated rings. The molecule has 0 saturated carbocycles. The summed E-state index contributed by atoms with van der Waals surface area (Å²) in [7, 11) is 1.37. The van der Waals surface area contributed by atoms with E-state index in [2.05, 4.69) is 4.98 Å². The van der Waals surface area contributed by atoms with Gasteiger partial charge in [0, 0.05) is 11.8 Å². The number of carboxylic acid groups (broad SMARTS) is 1. The van der Waals surface area contributed by atoms with Crippen LogP contribution in [0, 0.1) is 0 Å². The Labute approximate surface area is 117 Å². The SMILES string of the molecule is COc1cncc(-c2ccc(C(=O)O)cc2C(F)(F)F)c1. The molecule has 0 saturated heterocycles. The van der Waals surface area contributed by atoms with Gasteiger partial charge in [0.15, 0.2) is 0 Å². The van der Waals surface area contributed by atoms with Gasteiger partial charge in [-0.05, 0) is 23.8 Å². The highest BCUT2D eigenvalue weighted by Crippen LogP contribution is 2.38. The predicted octanol–water partition coefficient (Wildman–Crippen LogP) is 3.47. The zero-order valence-corrected chi connectivity index (χ0v) is 10.8. The van der Waals surface area contributed by atoms with E-state index < -0.39 is 23.3 Å². The smallest absolute Gasteiger partial charge is 0.417 e. The Morgan fingerprint density at radius 2 is 1.95 bits per heavy atom. The molecule has 0 bridgehead atoms. The summed E-state index contributed by atoms with van der Waals surface area (Å²) in [6, 6.07) is 4.24. The zero-order valence-electron chi connectivity index (χ0n) is 10.8. The van der Waals surface area contributed by atoms with Gasteiger partial charge < -0.3 is 9.84 Å². The summed E-state index contributed by atoms with van der Waals surface area (Å²) in [6.07, 6.45) is -2.06. The largest absolute Gasteiger partial charge is 0.495 e. The summed E-state index contributed by atoms with van der Waals surface area (Å²) in [4.78, 5) is 14.6. The molecule has 110 valence electrons. The lowest BCUT2D eigenvalue weighted by atomic mass is 9.98. The molecule has 1 aromatic carbocycles. The molecule has 0 unspecified atom stereocenters. The van der Waals surface area contributed by atoms with Crippen molar-refractivity contribution in [1.82, 2.24) is 4.98 Å². The topological polar surface area (TPSA) is 59.4 Å². The third-order valence-electron chi connectivity index (χ3n) is 2.83. The van der Waals surface area contributed by atoms with Gasteiger partial charge in [0.1, 0.15) is 5.75 Å². The fourth-order valence-electron chi connectivity index (χ4n) is 1.84. The number of nitrogens with zero attached hydrogens (tertiary/aromatic N) is 1. The van der Waals surface area contributed by atoms with Crippen LogP contribution in [0.2, 0.25) is 0 Å². The summed E-state index contributed by atoms with van der Waals surface area (Å²) < 4.78 is 44.3. The number of carboxylic acids is 1. The van der Waals surface area contributed by atoms with Crippen molar-refractivity contribution in [3.63, 3.8) is 0 Å². The third kappa shape index (κ3) is 3.13. The first-order valence-electron chi connectivity index (χ1n) is 5.77. The maximum Gasteiger partial charge on any atom is 0.417 e. The number of rotatable bonds is 3. The molecule has 2 aromatic rings. The van der Waals surface area contributed by atoms with Crippen LogP contribution >= 0.6 is 0 Å². The number of alkyl halides is 3. The van der Waals surface area contributed by atoms with Gasteiger partial charge in [0.05, 0.1) is 24.4 Å². The van der Waals surface area contributed by atoms with Gasteiger partial charge in [-0.1, -0.05) is 6.07 Å². The Morgan fingerprint density at radius 3 is 2.52 bits per heavy atom. The van der Waals surface area contributed by atoms with Gasteiger partial charge in [0.2, 0.25) is 0 Å². The van der Waals surface area contributed by atoms with Gasteiger partial charge in [-0.15, -0.1) is 0 Å². The normalized spacial score (nSPS) is 11.2. The van der Waals surface area contributed by atoms with E-state index in [9.17, 15) is 18.0 Å². The minimum Gasteiger partial charge on any atom is -0.495 e. The molecular weight excluding hydrogens is 287 g/mol. The van der Waals surface area contributed by atoms with E-state index in [1.165, 1.54) is 25.6 Å². The van der Waals surface area contributed by atoms with Crippen LogP contribution in [0.3, 0.4) is 0 Å². The van der Waals surface area contributed by atoms with Crippen molar-refractivity contribution in [2.45, 2.75) is 6.18 Å². The number of pyridine rings is 1. The van der Waals surface area contributed by atoms with Gasteiger partial charge in [-0.3, -0.25) is 4.98 Å². The number of ether oxygens (including phenoxy) is 1. The number of carbonyl (C=O) groups is 1. The number of methoxy groups -OCH3 is 1. The molecule has 0 aliphatic carbocycles. The van der Waals surface area contributed by atoms with E-state index in [-0.39, 0.29) is 11.1 Å². The molecule has 0 spiro atoms. The van der Waals surface area contributed by atoms with Crippen LogP contribution in [0.1, 0.15) is 15.9 Å². The molecule has 0 amide bonds. The number of halogens is 3. The second kappa shape index (κ2) is 5.43. The summed E-state index contributed by atoms with van der Waals surface area (Å²) >= 11 is 0. The molecule has 2 rings (SSSR count). The summed E-state index contributed by atoms with van der Waals surface area (Å²) in [5, 5.41) is 8.82. The number of hydrogen-bond acceptors (Lipinski definition) is 3. The number of benzene rings is 1. The quantitative estimate of drug-likeness (QED) is 0.942. The van der Waals surface area contributed by atoms with E-state index in [1.807, 2.05) is 0 Å². The van der Waals surface area contributed by atoms with E-state index in [1.54, 1.807) is 0 Å². The minimum atomic E-state index is -4.68. The fourth-order valence-corrected chi connectivity index (χ4v) is 1.84. The van der Waals surface area contributed by atoms with Crippen LogP contribution in [0.15, 0.2) is 36.7 Å². The van der Waals surface area contributed by atoms with E-state index in [4.69, 9.17) is 9.84 Å². The molecule has 7 heteroatoms. The van der Waals surface area contributed by atoms with Crippen LogP contribution < -0.4 is 4.74 Å². The molecule has 1 N–H and O–H groups in total. The Morgan fingerprint density at radius 1 is 1.24 bits per heavy atom. The predicted molar refractivity (Wildman–Crippen MR) is 68.2 cm³/mol. The number of aromatic nitrogens is 1. The Balaban J connectivity index is 2.64. The first-order valence-corrected chi connectivity index (χ1v) is 5.77. The highest BCUT2D eigenvalue weighted by Gasteiger charge is 2.34. The molecule has 1 aromatic heterocycles. The average Bonchev–Trinajstić information content (AvgIpc) is 2.45. The number of aromatic carboxylic acids is 1. The molecule has 4 nitrogen and oxygen atoms in total. The zero-order chi connectivity index (χ0) is 15.6. The van der Waals surface area contributed by atoms with E-state index in [0.717, 1.165) is 12.1 Å². The van der Waals surface area contributed by atoms with E-state index >= 15 is 0 Å². The van der Waals surface area contributed by atoms with Crippen LogP contribution in [0.25, 0.3) is 11.1 Å². The van der Waals surface area contributed by atoms with Crippen molar-refractivity contribution in [1.29, 1.82) is 0 Å². The minimum absolute atomic E-state index is 0.154. The monoisotopic (exact) mass is 297 g/mol. The van der Waals surface area contributed by atoms with Crippen molar-refractivity contribution in [2.75, 3.05) is 7.11 Å². The molecule has 0 radical (unpaired) electrons. The summed E-state index contributed by atoms with van der Waals surface area (Å²) in [6.45, 7) is 0. The van der Waals surface area contributed by atoms with Gasteiger partial charge >= 0.3 is 12.1 Å². The van der Waals surface area contributed by atoms with Crippen molar-refractivity contribution in [3.8, 4) is 16.9 Å². The number of hydrogen-bond donors (Lipinski definition) is 1. The second-order valence-corrected chi connectivity index (χ2v) is 4.18. The van der Waals surface area contributed by atoms with E-state index in [0.29, 0.717) is 11.8 Å². The van der Waals surface area contributed by atoms with Crippen molar-refractivity contribution in [2.24, 2.45) is 0 Å². The van der Waals surface area contributed by atoms with Crippen molar-refractivity contribution >= 4 is 5.97 Å². The molecule has 0 atom stereocenters. The molecular formula is C14H10F3NO3. The van der Waals surface area contributed by atoms with Crippen molar-refractivity contribution < 1.29 is 27.8 Å². The first kappa shape index (κ1) is 14.8. The van der Waals surface area contributed by atoms with Gasteiger partial charge in [0.25, 0.3) is 0 Å². The van der Waals surface area contributed by atoms with Crippen molar-refractivity contribution in [3.05, 3.63) is 47.8 Å². The lowest BCUT2D eigenvalue weighted by Gasteiger charge is -2.14. The Bertz CT molecular complexity index is 683. The van der Waals surface area contributed by atoms with Crippen LogP contribution in [0.5, 0.6) is 5.75 Å². The molecule has 0 aliphatic heterocycles. The average molecular weight is 297 g/mol.